The van der Waals surface area contributed by atoms with Gasteiger partial charge in [-0.25, -0.2) is 0 Å². The lowest BCUT2D eigenvalue weighted by molar-refractivity contribution is -0.139. The van der Waals surface area contributed by atoms with E-state index in [1.54, 1.807) is 17.1 Å². The van der Waals surface area contributed by atoms with Gasteiger partial charge in [-0.3, -0.25) is 9.59 Å². The van der Waals surface area contributed by atoms with E-state index in [0.29, 0.717) is 25.9 Å². The minimum absolute atomic E-state index is 0.121. The molecule has 0 radical (unpaired) electrons. The van der Waals surface area contributed by atoms with E-state index < -0.39 is 12.0 Å². The third kappa shape index (κ3) is 5.84. The normalized spacial score (nSPS) is 18.3. The predicted molar refractivity (Wildman–Crippen MR) is 112 cm³/mol. The molecule has 150 valence electrons. The average Bonchev–Trinajstić information content (AvgIpc) is 3.17. The van der Waals surface area contributed by atoms with Gasteiger partial charge in [-0.05, 0) is 43.9 Å². The topological polar surface area (TPSA) is 69.6 Å². The summed E-state index contributed by atoms with van der Waals surface area (Å²) in [6.07, 6.45) is 8.49. The fourth-order valence-electron chi connectivity index (χ4n) is 3.25. The van der Waals surface area contributed by atoms with Crippen LogP contribution in [0.2, 0.25) is 0 Å². The van der Waals surface area contributed by atoms with Gasteiger partial charge in [-0.2, -0.15) is 0 Å². The average molecular weight is 383 g/mol. The van der Waals surface area contributed by atoms with Crippen molar-refractivity contribution >= 4 is 11.8 Å². The highest BCUT2D eigenvalue weighted by Gasteiger charge is 2.35. The van der Waals surface area contributed by atoms with Crippen molar-refractivity contribution in [3.05, 3.63) is 72.0 Å². The van der Waals surface area contributed by atoms with Crippen LogP contribution in [0.1, 0.15) is 37.3 Å². The first-order valence-corrected chi connectivity index (χ1v) is 9.79. The molecule has 1 aliphatic heterocycles. The first-order chi connectivity index (χ1) is 13.5. The highest BCUT2D eigenvalue weighted by molar-refractivity contribution is 5.90. The van der Waals surface area contributed by atoms with Gasteiger partial charge in [-0.1, -0.05) is 48.9 Å². The Balaban J connectivity index is 2.00. The molecule has 2 amide bonds. The zero-order valence-electron chi connectivity index (χ0n) is 16.7. The zero-order chi connectivity index (χ0) is 20.5. The monoisotopic (exact) mass is 382 g/mol. The van der Waals surface area contributed by atoms with Crippen molar-refractivity contribution in [2.45, 2.75) is 45.7 Å². The highest BCUT2D eigenvalue weighted by atomic mass is 16.3. The number of carbonyl (C=O) groups is 2. The molecule has 0 aliphatic carbocycles. The lowest BCUT2D eigenvalue weighted by Gasteiger charge is -2.26. The van der Waals surface area contributed by atoms with Crippen LogP contribution in [0.15, 0.2) is 60.9 Å². The van der Waals surface area contributed by atoms with E-state index >= 15 is 0 Å². The second kappa shape index (κ2) is 10.5. The van der Waals surface area contributed by atoms with Gasteiger partial charge in [0.25, 0.3) is 0 Å². The quantitative estimate of drug-likeness (QED) is 0.408. The maximum absolute atomic E-state index is 12.9. The van der Waals surface area contributed by atoms with Crippen molar-refractivity contribution in [1.29, 1.82) is 0 Å². The molecule has 1 aromatic rings. The van der Waals surface area contributed by atoms with Crippen LogP contribution in [0.3, 0.4) is 0 Å². The summed E-state index contributed by atoms with van der Waals surface area (Å²) in [5.41, 5.74) is 2.20. The van der Waals surface area contributed by atoms with E-state index in [0.717, 1.165) is 12.0 Å². The Morgan fingerprint density at radius 2 is 2.07 bits per heavy atom. The lowest BCUT2D eigenvalue weighted by Crippen LogP contribution is -2.47. The largest absolute Gasteiger partial charge is 0.508 e. The third-order valence-electron chi connectivity index (χ3n) is 4.85. The van der Waals surface area contributed by atoms with Gasteiger partial charge < -0.3 is 15.3 Å². The standard InChI is InChI=1S/C23H30N2O3/c1-4-7-20(26)14-13-19(5-2)23(28)25-15-6-8-21(25)22(27)24-16-18-11-9-17(3)10-12-18/h5,7,9-14,19,21,26H,2,4,6,8,15-16H2,1,3H3,(H,24,27)/b14-13?,20-7+/t19?,21-/m0/s1. The number of nitrogens with zero attached hydrogens (tertiary/aromatic N) is 1. The van der Waals surface area contributed by atoms with Crippen molar-refractivity contribution < 1.29 is 14.7 Å². The molecule has 0 spiro atoms. The molecule has 5 nitrogen and oxygen atoms in total. The maximum Gasteiger partial charge on any atom is 0.243 e. The van der Waals surface area contributed by atoms with Crippen molar-refractivity contribution in [2.75, 3.05) is 6.54 Å². The molecule has 2 N–H and O–H groups in total. The minimum Gasteiger partial charge on any atom is -0.508 e. The van der Waals surface area contributed by atoms with Crippen LogP contribution in [-0.2, 0) is 16.1 Å². The summed E-state index contributed by atoms with van der Waals surface area (Å²) in [4.78, 5) is 27.2. The molecule has 1 fully saturated rings. The van der Waals surface area contributed by atoms with E-state index in [4.69, 9.17) is 0 Å². The molecule has 2 atom stereocenters. The Labute approximate surface area is 167 Å². The number of nitrogens with one attached hydrogen (secondary N) is 1. The molecule has 1 aromatic carbocycles. The predicted octanol–water partition coefficient (Wildman–Crippen LogP) is 3.81. The minimum atomic E-state index is -0.571. The number of benzene rings is 1. The van der Waals surface area contributed by atoms with Gasteiger partial charge in [0.05, 0.1) is 5.92 Å². The number of likely N-dealkylation sites (tertiary alicyclic amines) is 1. The molecular weight excluding hydrogens is 352 g/mol. The number of amides is 2. The second-order valence-corrected chi connectivity index (χ2v) is 7.05. The van der Waals surface area contributed by atoms with Crippen LogP contribution in [-0.4, -0.2) is 34.4 Å². The smallest absolute Gasteiger partial charge is 0.243 e. The molecule has 28 heavy (non-hydrogen) atoms. The molecule has 2 rings (SSSR count). The summed E-state index contributed by atoms with van der Waals surface area (Å²) in [6.45, 7) is 8.67. The number of aryl methyl sites for hydroxylation is 1. The molecule has 1 aliphatic rings. The summed E-state index contributed by atoms with van der Waals surface area (Å²) in [5, 5.41) is 12.7. The Morgan fingerprint density at radius 3 is 2.71 bits per heavy atom. The Hall–Kier alpha value is -2.82. The van der Waals surface area contributed by atoms with Gasteiger partial charge in [-0.15, -0.1) is 6.58 Å². The van der Waals surface area contributed by atoms with Crippen molar-refractivity contribution in [2.24, 2.45) is 5.92 Å². The zero-order valence-corrected chi connectivity index (χ0v) is 16.7. The fourth-order valence-corrected chi connectivity index (χ4v) is 3.25. The molecule has 0 saturated carbocycles. The molecule has 5 heteroatoms. The lowest BCUT2D eigenvalue weighted by atomic mass is 10.1. The van der Waals surface area contributed by atoms with Crippen LogP contribution in [0, 0.1) is 12.8 Å². The van der Waals surface area contributed by atoms with Crippen LogP contribution in [0.5, 0.6) is 0 Å². The third-order valence-corrected chi connectivity index (χ3v) is 4.85. The van der Waals surface area contributed by atoms with E-state index in [1.165, 1.54) is 17.7 Å². The van der Waals surface area contributed by atoms with Crippen LogP contribution < -0.4 is 5.32 Å². The number of aliphatic hydroxyl groups is 1. The van der Waals surface area contributed by atoms with Crippen LogP contribution in [0.25, 0.3) is 0 Å². The molecular formula is C23H30N2O3. The highest BCUT2D eigenvalue weighted by Crippen LogP contribution is 2.21. The van der Waals surface area contributed by atoms with Crippen LogP contribution in [0.4, 0.5) is 0 Å². The summed E-state index contributed by atoms with van der Waals surface area (Å²) in [5.74, 6) is -0.746. The van der Waals surface area contributed by atoms with E-state index in [-0.39, 0.29) is 17.6 Å². The molecule has 1 saturated heterocycles. The summed E-state index contributed by atoms with van der Waals surface area (Å²) < 4.78 is 0. The van der Waals surface area contributed by atoms with Crippen molar-refractivity contribution in [3.63, 3.8) is 0 Å². The van der Waals surface area contributed by atoms with E-state index in [1.807, 2.05) is 38.1 Å². The van der Waals surface area contributed by atoms with Gasteiger partial charge in [0, 0.05) is 13.1 Å². The number of hydrogen-bond donors (Lipinski definition) is 2. The maximum atomic E-state index is 12.9. The first kappa shape index (κ1) is 21.5. The second-order valence-electron chi connectivity index (χ2n) is 7.05. The fraction of sp³-hybridized carbons (Fsp3) is 0.391. The van der Waals surface area contributed by atoms with Gasteiger partial charge in [0.2, 0.25) is 11.8 Å². The van der Waals surface area contributed by atoms with Gasteiger partial charge >= 0.3 is 0 Å². The number of aliphatic hydroxyl groups excluding tert-OH is 1. The van der Waals surface area contributed by atoms with Crippen molar-refractivity contribution in [1.82, 2.24) is 10.2 Å². The Bertz CT molecular complexity index is 750. The Kier molecular flexibility index (Phi) is 8.05. The summed E-state index contributed by atoms with van der Waals surface area (Å²) in [6, 6.07) is 7.53. The van der Waals surface area contributed by atoms with E-state index in [9.17, 15) is 14.7 Å². The number of rotatable bonds is 8. The first-order valence-electron chi connectivity index (χ1n) is 9.79. The summed E-state index contributed by atoms with van der Waals surface area (Å²) >= 11 is 0. The van der Waals surface area contributed by atoms with Gasteiger partial charge in [0.1, 0.15) is 11.8 Å². The number of hydrogen-bond acceptors (Lipinski definition) is 3. The SMILES string of the molecule is C=CC(C=C/C(O)=C\CC)C(=O)N1CCC[C@H]1C(=O)NCc1ccc(C)cc1. The molecule has 1 unspecified atom stereocenters. The Morgan fingerprint density at radius 1 is 1.36 bits per heavy atom. The van der Waals surface area contributed by atoms with Crippen LogP contribution >= 0.6 is 0 Å². The van der Waals surface area contributed by atoms with Gasteiger partial charge in [0.15, 0.2) is 0 Å². The molecule has 1 heterocycles. The number of carbonyl (C=O) groups excluding carboxylic acids is 2. The van der Waals surface area contributed by atoms with E-state index in [2.05, 4.69) is 11.9 Å². The molecule has 0 bridgehead atoms. The number of allylic oxidation sites excluding steroid dienone is 2. The molecule has 0 aromatic heterocycles. The summed E-state index contributed by atoms with van der Waals surface area (Å²) in [7, 11) is 0. The van der Waals surface area contributed by atoms with Crippen molar-refractivity contribution in [3.8, 4) is 0 Å².